The first-order valence-electron chi connectivity index (χ1n) is 11.4. The standard InChI is InChI=1S/C28H27N3O3/c1-19(20-10-4-2-5-11-20)29-28(34)22-16-17-23-25(18-22)30-24(14-8-9-15-26(32)33)27(31-23)21-12-6-3-7-13-21/h2-7,10-13,16-19H,8-9,14-15H2,1H3,(H,29,34)(H,32,33)/t19-/m1/s1. The van der Waals surface area contributed by atoms with Crippen molar-refractivity contribution in [3.05, 3.63) is 95.7 Å². The van der Waals surface area contributed by atoms with Crippen molar-refractivity contribution < 1.29 is 14.7 Å². The van der Waals surface area contributed by atoms with Crippen molar-refractivity contribution in [1.82, 2.24) is 15.3 Å². The molecule has 34 heavy (non-hydrogen) atoms. The summed E-state index contributed by atoms with van der Waals surface area (Å²) in [5, 5.41) is 12.0. The van der Waals surface area contributed by atoms with Gasteiger partial charge in [-0.15, -0.1) is 0 Å². The molecule has 1 heterocycles. The predicted octanol–water partition coefficient (Wildman–Crippen LogP) is 5.59. The number of fused-ring (bicyclic) bond motifs is 1. The van der Waals surface area contributed by atoms with Gasteiger partial charge in [-0.2, -0.15) is 0 Å². The zero-order valence-electron chi connectivity index (χ0n) is 19.1. The summed E-state index contributed by atoms with van der Waals surface area (Å²) in [6, 6.07) is 24.9. The Bertz CT molecular complexity index is 1290. The number of nitrogens with one attached hydrogen (secondary N) is 1. The molecule has 0 aliphatic heterocycles. The van der Waals surface area contributed by atoms with E-state index in [4.69, 9.17) is 15.1 Å². The van der Waals surface area contributed by atoms with Crippen LogP contribution in [0.25, 0.3) is 22.3 Å². The second kappa shape index (κ2) is 10.7. The lowest BCUT2D eigenvalue weighted by Crippen LogP contribution is -2.26. The van der Waals surface area contributed by atoms with Gasteiger partial charge >= 0.3 is 5.97 Å². The molecular formula is C28H27N3O3. The fraction of sp³-hybridized carbons (Fsp3) is 0.214. The number of unbranched alkanes of at least 4 members (excludes halogenated alkanes) is 1. The number of hydrogen-bond donors (Lipinski definition) is 2. The molecule has 4 aromatic rings. The summed E-state index contributed by atoms with van der Waals surface area (Å²) < 4.78 is 0. The summed E-state index contributed by atoms with van der Waals surface area (Å²) in [6.07, 6.45) is 2.01. The molecule has 0 spiro atoms. The summed E-state index contributed by atoms with van der Waals surface area (Å²) >= 11 is 0. The molecular weight excluding hydrogens is 426 g/mol. The number of amides is 1. The third-order valence-corrected chi connectivity index (χ3v) is 5.75. The van der Waals surface area contributed by atoms with Crippen molar-refractivity contribution in [2.75, 3.05) is 0 Å². The molecule has 0 aliphatic rings. The minimum atomic E-state index is -0.798. The van der Waals surface area contributed by atoms with E-state index in [-0.39, 0.29) is 18.4 Å². The van der Waals surface area contributed by atoms with E-state index in [9.17, 15) is 9.59 Å². The highest BCUT2D eigenvalue weighted by Crippen LogP contribution is 2.25. The maximum Gasteiger partial charge on any atom is 0.303 e. The molecule has 1 amide bonds. The highest BCUT2D eigenvalue weighted by molar-refractivity contribution is 5.97. The van der Waals surface area contributed by atoms with Crippen LogP contribution in [-0.4, -0.2) is 27.0 Å². The third kappa shape index (κ3) is 5.64. The predicted molar refractivity (Wildman–Crippen MR) is 132 cm³/mol. The lowest BCUT2D eigenvalue weighted by atomic mass is 10.0. The number of carboxylic acid groups (broad SMARTS) is 1. The Balaban J connectivity index is 1.62. The van der Waals surface area contributed by atoms with Gasteiger partial charge < -0.3 is 10.4 Å². The molecule has 6 heteroatoms. The molecule has 0 saturated heterocycles. The molecule has 172 valence electrons. The Morgan fingerprint density at radius 3 is 2.29 bits per heavy atom. The van der Waals surface area contributed by atoms with Crippen molar-refractivity contribution in [2.24, 2.45) is 0 Å². The Morgan fingerprint density at radius 2 is 1.59 bits per heavy atom. The molecule has 4 rings (SSSR count). The van der Waals surface area contributed by atoms with Crippen molar-refractivity contribution in [3.63, 3.8) is 0 Å². The molecule has 3 aromatic carbocycles. The van der Waals surface area contributed by atoms with E-state index in [2.05, 4.69) is 5.32 Å². The maximum atomic E-state index is 12.9. The van der Waals surface area contributed by atoms with Crippen LogP contribution in [0.4, 0.5) is 0 Å². The van der Waals surface area contributed by atoms with Gasteiger partial charge in [0.15, 0.2) is 0 Å². The van der Waals surface area contributed by atoms with Crippen LogP contribution in [0.15, 0.2) is 78.9 Å². The average Bonchev–Trinajstić information content (AvgIpc) is 2.86. The summed E-state index contributed by atoms with van der Waals surface area (Å²) in [5.41, 5.74) is 5.47. The zero-order chi connectivity index (χ0) is 23.9. The van der Waals surface area contributed by atoms with Gasteiger partial charge in [-0.1, -0.05) is 60.7 Å². The Hall–Kier alpha value is -4.06. The zero-order valence-corrected chi connectivity index (χ0v) is 19.1. The van der Waals surface area contributed by atoms with Gasteiger partial charge in [-0.25, -0.2) is 9.97 Å². The Labute approximate surface area is 198 Å². The van der Waals surface area contributed by atoms with E-state index in [1.807, 2.05) is 73.7 Å². The topological polar surface area (TPSA) is 92.2 Å². The SMILES string of the molecule is C[C@@H](NC(=O)c1ccc2nc(-c3ccccc3)c(CCCCC(=O)O)nc2c1)c1ccccc1. The van der Waals surface area contributed by atoms with Crippen LogP contribution >= 0.6 is 0 Å². The lowest BCUT2D eigenvalue weighted by Gasteiger charge is -2.15. The summed E-state index contributed by atoms with van der Waals surface area (Å²) in [4.78, 5) is 33.5. The number of carboxylic acids is 1. The molecule has 2 N–H and O–H groups in total. The smallest absolute Gasteiger partial charge is 0.303 e. The van der Waals surface area contributed by atoms with E-state index in [0.29, 0.717) is 35.9 Å². The van der Waals surface area contributed by atoms with E-state index >= 15 is 0 Å². The van der Waals surface area contributed by atoms with Gasteiger partial charge in [0.05, 0.1) is 28.5 Å². The summed E-state index contributed by atoms with van der Waals surface area (Å²) in [7, 11) is 0. The highest BCUT2D eigenvalue weighted by Gasteiger charge is 2.15. The fourth-order valence-electron chi connectivity index (χ4n) is 3.91. The monoisotopic (exact) mass is 453 g/mol. The van der Waals surface area contributed by atoms with Gasteiger partial charge in [0.1, 0.15) is 0 Å². The third-order valence-electron chi connectivity index (χ3n) is 5.75. The molecule has 0 unspecified atom stereocenters. The van der Waals surface area contributed by atoms with Gasteiger partial charge in [0.25, 0.3) is 5.91 Å². The molecule has 0 radical (unpaired) electrons. The number of aromatic nitrogens is 2. The van der Waals surface area contributed by atoms with Crippen LogP contribution < -0.4 is 5.32 Å². The Kier molecular flexibility index (Phi) is 7.28. The molecule has 0 bridgehead atoms. The second-order valence-corrected chi connectivity index (χ2v) is 8.30. The molecule has 0 aliphatic carbocycles. The number of nitrogens with zero attached hydrogens (tertiary/aromatic N) is 2. The van der Waals surface area contributed by atoms with Crippen LogP contribution in [0.5, 0.6) is 0 Å². The van der Waals surface area contributed by atoms with E-state index in [1.54, 1.807) is 12.1 Å². The fourth-order valence-corrected chi connectivity index (χ4v) is 3.91. The number of benzene rings is 3. The number of hydrogen-bond acceptors (Lipinski definition) is 4. The number of rotatable bonds is 9. The number of carbonyl (C=O) groups excluding carboxylic acids is 1. The van der Waals surface area contributed by atoms with Crippen molar-refractivity contribution in [3.8, 4) is 11.3 Å². The van der Waals surface area contributed by atoms with Crippen LogP contribution in [0.2, 0.25) is 0 Å². The molecule has 0 fully saturated rings. The summed E-state index contributed by atoms with van der Waals surface area (Å²) in [6.45, 7) is 1.95. The van der Waals surface area contributed by atoms with Crippen molar-refractivity contribution in [2.45, 2.75) is 38.6 Å². The Morgan fingerprint density at radius 1 is 0.882 bits per heavy atom. The van der Waals surface area contributed by atoms with E-state index in [1.165, 1.54) is 0 Å². The molecule has 6 nitrogen and oxygen atoms in total. The van der Waals surface area contributed by atoms with Crippen LogP contribution in [-0.2, 0) is 11.2 Å². The summed E-state index contributed by atoms with van der Waals surface area (Å²) in [5.74, 6) is -0.969. The minimum Gasteiger partial charge on any atom is -0.481 e. The van der Waals surface area contributed by atoms with E-state index in [0.717, 1.165) is 22.5 Å². The minimum absolute atomic E-state index is 0.124. The highest BCUT2D eigenvalue weighted by atomic mass is 16.4. The van der Waals surface area contributed by atoms with Gasteiger partial charge in [-0.05, 0) is 49.9 Å². The normalized spacial score (nSPS) is 11.8. The lowest BCUT2D eigenvalue weighted by molar-refractivity contribution is -0.137. The number of aryl methyl sites for hydroxylation is 1. The molecule has 0 saturated carbocycles. The average molecular weight is 454 g/mol. The quantitative estimate of drug-likeness (QED) is 0.323. The first-order chi connectivity index (χ1) is 16.5. The number of aliphatic carboxylic acids is 1. The van der Waals surface area contributed by atoms with Gasteiger partial charge in [0.2, 0.25) is 0 Å². The van der Waals surface area contributed by atoms with Crippen LogP contribution in [0, 0.1) is 0 Å². The molecule has 1 atom stereocenters. The van der Waals surface area contributed by atoms with Gasteiger partial charge in [0, 0.05) is 17.5 Å². The van der Waals surface area contributed by atoms with Crippen LogP contribution in [0.3, 0.4) is 0 Å². The molecule has 1 aromatic heterocycles. The first kappa shape index (κ1) is 23.1. The second-order valence-electron chi connectivity index (χ2n) is 8.30. The largest absolute Gasteiger partial charge is 0.481 e. The van der Waals surface area contributed by atoms with Gasteiger partial charge in [-0.3, -0.25) is 9.59 Å². The van der Waals surface area contributed by atoms with Crippen molar-refractivity contribution >= 4 is 22.9 Å². The first-order valence-corrected chi connectivity index (χ1v) is 11.4. The van der Waals surface area contributed by atoms with Crippen LogP contribution in [0.1, 0.15) is 53.8 Å². The maximum absolute atomic E-state index is 12.9. The van der Waals surface area contributed by atoms with E-state index < -0.39 is 5.97 Å². The van der Waals surface area contributed by atoms with Crippen molar-refractivity contribution in [1.29, 1.82) is 0 Å². The number of carbonyl (C=O) groups is 2.